The molecular weight excluding hydrogens is 316 g/mol. The van der Waals surface area contributed by atoms with E-state index < -0.39 is 57.8 Å². The summed E-state index contributed by atoms with van der Waals surface area (Å²) in [7, 11) is -3.71. The Balaban J connectivity index is 1.66. The first-order chi connectivity index (χ1) is 10.1. The summed E-state index contributed by atoms with van der Waals surface area (Å²) < 4.78 is 44.4. The maximum absolute atomic E-state index is 11.9. The molecule has 2 bridgehead atoms. The second-order valence-corrected chi connectivity index (χ2v) is 7.65. The Morgan fingerprint density at radius 3 is 2.73 bits per heavy atom. The van der Waals surface area contributed by atoms with Gasteiger partial charge in [0.15, 0.2) is 18.3 Å². The first-order valence-corrected chi connectivity index (χ1v) is 8.24. The first kappa shape index (κ1) is 15.4. The summed E-state index contributed by atoms with van der Waals surface area (Å²) in [6, 6.07) is 0. The minimum absolute atomic E-state index is 0.163. The van der Waals surface area contributed by atoms with Crippen molar-refractivity contribution in [1.29, 1.82) is 0 Å². The fourth-order valence-electron chi connectivity index (χ4n) is 3.21. The SMILES string of the molecule is C=C(C)C(=O)OCC(=O)OC1C2CC3C(O2)C1(C)OS3(=O)=O. The average molecular weight is 332 g/mol. The number of fused-ring (bicyclic) bond motifs is 1. The van der Waals surface area contributed by atoms with E-state index in [0.717, 1.165) is 0 Å². The van der Waals surface area contributed by atoms with Gasteiger partial charge < -0.3 is 14.2 Å². The zero-order valence-corrected chi connectivity index (χ0v) is 12.9. The van der Waals surface area contributed by atoms with Crippen molar-refractivity contribution >= 4 is 22.1 Å². The average Bonchev–Trinajstić information content (AvgIpc) is 2.98. The molecule has 5 unspecified atom stereocenters. The van der Waals surface area contributed by atoms with Crippen LogP contribution in [-0.2, 0) is 38.1 Å². The van der Waals surface area contributed by atoms with E-state index in [0.29, 0.717) is 0 Å². The van der Waals surface area contributed by atoms with Crippen molar-refractivity contribution in [1.82, 2.24) is 0 Å². The normalized spacial score (nSPS) is 40.5. The summed E-state index contributed by atoms with van der Waals surface area (Å²) in [6.07, 6.45) is -1.79. The maximum atomic E-state index is 11.9. The van der Waals surface area contributed by atoms with Gasteiger partial charge in [0.1, 0.15) is 11.4 Å². The zero-order valence-electron chi connectivity index (χ0n) is 12.1. The van der Waals surface area contributed by atoms with Crippen molar-refractivity contribution in [3.8, 4) is 0 Å². The molecule has 3 saturated heterocycles. The summed E-state index contributed by atoms with van der Waals surface area (Å²) in [5, 5.41) is -0.710. The number of hydrogen-bond donors (Lipinski definition) is 0. The molecule has 8 nitrogen and oxygen atoms in total. The van der Waals surface area contributed by atoms with Crippen LogP contribution in [0.5, 0.6) is 0 Å². The van der Waals surface area contributed by atoms with Gasteiger partial charge in [0.25, 0.3) is 10.1 Å². The Morgan fingerprint density at radius 1 is 1.41 bits per heavy atom. The van der Waals surface area contributed by atoms with Crippen LogP contribution >= 0.6 is 0 Å². The van der Waals surface area contributed by atoms with E-state index in [9.17, 15) is 18.0 Å². The third-order valence-corrected chi connectivity index (χ3v) is 5.96. The Kier molecular flexibility index (Phi) is 3.35. The van der Waals surface area contributed by atoms with Crippen LogP contribution in [-0.4, -0.2) is 56.1 Å². The van der Waals surface area contributed by atoms with Crippen LogP contribution in [0.3, 0.4) is 0 Å². The lowest BCUT2D eigenvalue weighted by atomic mass is 9.83. The van der Waals surface area contributed by atoms with Crippen molar-refractivity contribution in [2.45, 2.75) is 49.4 Å². The molecule has 3 aliphatic rings. The third-order valence-electron chi connectivity index (χ3n) is 4.19. The Morgan fingerprint density at radius 2 is 2.09 bits per heavy atom. The number of rotatable bonds is 4. The van der Waals surface area contributed by atoms with Crippen LogP contribution in [0.25, 0.3) is 0 Å². The molecule has 9 heteroatoms. The molecule has 3 aliphatic heterocycles. The van der Waals surface area contributed by atoms with Gasteiger partial charge in [-0.3, -0.25) is 4.18 Å². The molecule has 0 N–H and O–H groups in total. The molecular formula is C13H16O8S. The van der Waals surface area contributed by atoms with E-state index in [-0.39, 0.29) is 12.0 Å². The van der Waals surface area contributed by atoms with Gasteiger partial charge in [-0.15, -0.1) is 0 Å². The molecule has 0 amide bonds. The predicted molar refractivity (Wildman–Crippen MR) is 71.1 cm³/mol. The highest BCUT2D eigenvalue weighted by Crippen LogP contribution is 2.54. The molecule has 0 spiro atoms. The van der Waals surface area contributed by atoms with E-state index in [2.05, 4.69) is 6.58 Å². The highest BCUT2D eigenvalue weighted by molar-refractivity contribution is 7.87. The van der Waals surface area contributed by atoms with Gasteiger partial charge in [0.05, 0.1) is 6.10 Å². The molecule has 0 saturated carbocycles. The van der Waals surface area contributed by atoms with Gasteiger partial charge in [-0.2, -0.15) is 8.42 Å². The smallest absolute Gasteiger partial charge is 0.344 e. The summed E-state index contributed by atoms with van der Waals surface area (Å²) in [6.45, 7) is 5.82. The van der Waals surface area contributed by atoms with Crippen LogP contribution in [0.15, 0.2) is 12.2 Å². The third kappa shape index (κ3) is 2.15. The van der Waals surface area contributed by atoms with Crippen molar-refractivity contribution in [3.63, 3.8) is 0 Å². The molecule has 122 valence electrons. The van der Waals surface area contributed by atoms with Crippen molar-refractivity contribution in [3.05, 3.63) is 12.2 Å². The van der Waals surface area contributed by atoms with Gasteiger partial charge in [0.2, 0.25) is 0 Å². The number of ether oxygens (including phenoxy) is 3. The van der Waals surface area contributed by atoms with Crippen molar-refractivity contribution in [2.24, 2.45) is 0 Å². The van der Waals surface area contributed by atoms with Crippen LogP contribution in [0.4, 0.5) is 0 Å². The van der Waals surface area contributed by atoms with Gasteiger partial charge in [-0.25, -0.2) is 9.59 Å². The van der Waals surface area contributed by atoms with E-state index in [4.69, 9.17) is 18.4 Å². The summed E-state index contributed by atoms with van der Waals surface area (Å²) in [5.41, 5.74) is -1.06. The van der Waals surface area contributed by atoms with Gasteiger partial charge in [0, 0.05) is 5.57 Å². The topological polar surface area (TPSA) is 105 Å². The lowest BCUT2D eigenvalue weighted by Gasteiger charge is -2.30. The fraction of sp³-hybridized carbons (Fsp3) is 0.692. The van der Waals surface area contributed by atoms with Gasteiger partial charge >= 0.3 is 11.9 Å². The second-order valence-electron chi connectivity index (χ2n) is 5.90. The van der Waals surface area contributed by atoms with E-state index in [1.807, 2.05) is 0 Å². The maximum Gasteiger partial charge on any atom is 0.344 e. The van der Waals surface area contributed by atoms with Gasteiger partial charge in [-0.1, -0.05) is 6.58 Å². The van der Waals surface area contributed by atoms with Crippen molar-refractivity contribution in [2.75, 3.05) is 6.61 Å². The van der Waals surface area contributed by atoms with Crippen LogP contribution in [0.1, 0.15) is 20.3 Å². The van der Waals surface area contributed by atoms with Crippen LogP contribution in [0.2, 0.25) is 0 Å². The molecule has 5 atom stereocenters. The first-order valence-electron chi connectivity index (χ1n) is 6.77. The lowest BCUT2D eigenvalue weighted by molar-refractivity contribution is -0.168. The Labute approximate surface area is 127 Å². The van der Waals surface area contributed by atoms with Gasteiger partial charge in [-0.05, 0) is 20.3 Å². The molecule has 0 aromatic carbocycles. The lowest BCUT2D eigenvalue weighted by Crippen LogP contribution is -2.51. The second kappa shape index (κ2) is 4.77. The zero-order chi connectivity index (χ0) is 16.3. The van der Waals surface area contributed by atoms with E-state index in [1.165, 1.54) is 6.92 Å². The monoisotopic (exact) mass is 332 g/mol. The largest absolute Gasteiger partial charge is 0.454 e. The molecule has 0 aromatic heterocycles. The Hall–Kier alpha value is -1.45. The predicted octanol–water partition coefficient (Wildman–Crippen LogP) is -0.324. The molecule has 3 rings (SSSR count). The highest BCUT2D eigenvalue weighted by atomic mass is 32.2. The molecule has 0 radical (unpaired) electrons. The molecule has 3 heterocycles. The number of hydrogen-bond acceptors (Lipinski definition) is 8. The van der Waals surface area contributed by atoms with Crippen LogP contribution < -0.4 is 0 Å². The minimum Gasteiger partial charge on any atom is -0.454 e. The number of carbonyl (C=O) groups is 2. The molecule has 0 aliphatic carbocycles. The Bertz CT molecular complexity index is 653. The summed E-state index contributed by atoms with van der Waals surface area (Å²) in [4.78, 5) is 23.0. The van der Waals surface area contributed by atoms with E-state index >= 15 is 0 Å². The highest BCUT2D eigenvalue weighted by Gasteiger charge is 2.73. The number of esters is 2. The molecule has 22 heavy (non-hydrogen) atoms. The number of carbonyl (C=O) groups excluding carboxylic acids is 2. The standard InChI is InChI=1S/C13H16O8S/c1-6(2)12(15)18-5-9(14)20-10-7-4-8-11(19-7)13(10,3)21-22(8,16)17/h7-8,10-11H,1,4-5H2,2-3H3. The summed E-state index contributed by atoms with van der Waals surface area (Å²) >= 11 is 0. The van der Waals surface area contributed by atoms with Crippen molar-refractivity contribution < 1.29 is 36.4 Å². The van der Waals surface area contributed by atoms with E-state index in [1.54, 1.807) is 6.92 Å². The quantitative estimate of drug-likeness (QED) is 0.392. The molecule has 0 aromatic rings. The molecule has 3 fully saturated rings. The minimum atomic E-state index is -3.71. The van der Waals surface area contributed by atoms with Crippen LogP contribution in [0, 0.1) is 0 Å². The fourth-order valence-corrected chi connectivity index (χ4v) is 5.08. The summed E-state index contributed by atoms with van der Waals surface area (Å²) in [5.74, 6) is -1.49.